The number of rotatable bonds is 8. The largest absolute Gasteiger partial charge is 0.364 e. The van der Waals surface area contributed by atoms with Gasteiger partial charge in [0.2, 0.25) is 0 Å². The summed E-state index contributed by atoms with van der Waals surface area (Å²) in [5.74, 6) is 0.621. The summed E-state index contributed by atoms with van der Waals surface area (Å²) in [5.41, 5.74) is 0. The predicted molar refractivity (Wildman–Crippen MR) is 63.3 cm³/mol. The fourth-order valence-electron chi connectivity index (χ4n) is 2.01. The van der Waals surface area contributed by atoms with Gasteiger partial charge < -0.3 is 19.1 Å². The second-order valence-corrected chi connectivity index (χ2v) is 4.76. The zero-order valence-electron chi connectivity index (χ0n) is 11.1. The molecule has 1 heterocycles. The molecule has 0 unspecified atom stereocenters. The highest BCUT2D eigenvalue weighted by atomic mass is 16.7. The van der Waals surface area contributed by atoms with Gasteiger partial charge in [-0.05, 0) is 18.8 Å². The van der Waals surface area contributed by atoms with Gasteiger partial charge >= 0.3 is 0 Å². The highest BCUT2D eigenvalue weighted by molar-refractivity contribution is 5.88. The van der Waals surface area contributed by atoms with Gasteiger partial charge in [-0.25, -0.2) is 0 Å². The molecule has 0 spiro atoms. The first-order valence-corrected chi connectivity index (χ1v) is 6.01. The van der Waals surface area contributed by atoms with Crippen LogP contribution in [0.3, 0.4) is 0 Å². The minimum atomic E-state index is -0.358. The van der Waals surface area contributed by atoms with E-state index in [9.17, 15) is 4.79 Å². The van der Waals surface area contributed by atoms with Crippen molar-refractivity contribution in [3.8, 4) is 0 Å². The Bertz CT molecular complexity index is 245. The first-order chi connectivity index (χ1) is 8.11. The summed E-state index contributed by atoms with van der Waals surface area (Å²) in [6.45, 7) is 4.85. The molecule has 0 bridgehead atoms. The van der Waals surface area contributed by atoms with Crippen LogP contribution in [0.15, 0.2) is 0 Å². The molecule has 1 fully saturated rings. The van der Waals surface area contributed by atoms with Crippen molar-refractivity contribution in [3.63, 3.8) is 0 Å². The molecule has 100 valence electrons. The molecule has 2 atom stereocenters. The average molecular weight is 245 g/mol. The molecular formula is C12H23NO4. The van der Waals surface area contributed by atoms with Gasteiger partial charge in [0, 0.05) is 14.2 Å². The maximum absolute atomic E-state index is 11.8. The van der Waals surface area contributed by atoms with Crippen LogP contribution >= 0.6 is 0 Å². The summed E-state index contributed by atoms with van der Waals surface area (Å²) in [5, 5.41) is 0. The lowest BCUT2D eigenvalue weighted by atomic mass is 9.91. The third-order valence-electron chi connectivity index (χ3n) is 2.95. The van der Waals surface area contributed by atoms with Crippen molar-refractivity contribution >= 4 is 5.91 Å². The van der Waals surface area contributed by atoms with E-state index in [-0.39, 0.29) is 24.8 Å². The topological polar surface area (TPSA) is 48.0 Å². The monoisotopic (exact) mass is 245 g/mol. The molecule has 1 amide bonds. The second kappa shape index (κ2) is 6.93. The lowest BCUT2D eigenvalue weighted by molar-refractivity contribution is -0.197. The summed E-state index contributed by atoms with van der Waals surface area (Å²) in [4.78, 5) is 13.5. The van der Waals surface area contributed by atoms with Crippen LogP contribution in [0.4, 0.5) is 0 Å². The summed E-state index contributed by atoms with van der Waals surface area (Å²) >= 11 is 0. The molecule has 5 nitrogen and oxygen atoms in total. The molecule has 1 saturated heterocycles. The highest BCUT2D eigenvalue weighted by Crippen LogP contribution is 2.28. The molecule has 1 rings (SSSR count). The molecule has 5 heteroatoms. The summed E-state index contributed by atoms with van der Waals surface area (Å²) in [7, 11) is 3.15. The Kier molecular flexibility index (Phi) is 5.88. The number of likely N-dealkylation sites (tertiary alicyclic amines) is 1. The van der Waals surface area contributed by atoms with Gasteiger partial charge in [-0.3, -0.25) is 4.79 Å². The van der Waals surface area contributed by atoms with Gasteiger partial charge in [0.15, 0.2) is 6.10 Å². The number of hydrogen-bond acceptors (Lipinski definition) is 4. The van der Waals surface area contributed by atoms with Crippen molar-refractivity contribution in [1.82, 2.24) is 4.90 Å². The Labute approximate surface area is 103 Å². The minimum absolute atomic E-state index is 0.00217. The summed E-state index contributed by atoms with van der Waals surface area (Å²) in [6, 6.07) is 0.125. The van der Waals surface area contributed by atoms with Crippen molar-refractivity contribution in [1.29, 1.82) is 0 Å². The van der Waals surface area contributed by atoms with Crippen LogP contribution in [0.5, 0.6) is 0 Å². The van der Waals surface area contributed by atoms with Crippen molar-refractivity contribution in [2.75, 3.05) is 27.7 Å². The second-order valence-electron chi connectivity index (χ2n) is 4.76. The standard InChI is InChI=1S/C12H23NO4/c1-9(2)5-6-10-11(17-8-16-4)12(14)13(10)7-15-3/h9-11H,5-8H2,1-4H3/t10-,11+/m0/s1. The first-order valence-electron chi connectivity index (χ1n) is 6.01. The van der Waals surface area contributed by atoms with Gasteiger partial charge in [-0.15, -0.1) is 0 Å². The van der Waals surface area contributed by atoms with E-state index in [1.54, 1.807) is 19.1 Å². The van der Waals surface area contributed by atoms with Crippen LogP contribution in [-0.2, 0) is 19.0 Å². The predicted octanol–water partition coefficient (Wildman–Crippen LogP) is 1.23. The normalized spacial score (nSPS) is 24.3. The van der Waals surface area contributed by atoms with Crippen molar-refractivity contribution in [2.24, 2.45) is 5.92 Å². The average Bonchev–Trinajstić information content (AvgIpc) is 2.30. The van der Waals surface area contributed by atoms with Crippen molar-refractivity contribution in [3.05, 3.63) is 0 Å². The molecule has 0 aliphatic carbocycles. The number of nitrogens with zero attached hydrogens (tertiary/aromatic N) is 1. The molecule has 0 radical (unpaired) electrons. The molecular weight excluding hydrogens is 222 g/mol. The van der Waals surface area contributed by atoms with Gasteiger partial charge in [0.05, 0.1) is 6.04 Å². The summed E-state index contributed by atoms with van der Waals surface area (Å²) < 4.78 is 15.3. The van der Waals surface area contributed by atoms with E-state index in [1.807, 2.05) is 0 Å². The van der Waals surface area contributed by atoms with Crippen molar-refractivity contribution < 1.29 is 19.0 Å². The molecule has 0 saturated carbocycles. The number of carbonyl (C=O) groups is 1. The third kappa shape index (κ3) is 3.66. The van der Waals surface area contributed by atoms with Crippen LogP contribution in [0, 0.1) is 5.92 Å². The van der Waals surface area contributed by atoms with Gasteiger partial charge in [0.1, 0.15) is 13.5 Å². The molecule has 0 N–H and O–H groups in total. The molecule has 0 aromatic rings. The number of amides is 1. The number of hydrogen-bond donors (Lipinski definition) is 0. The Morgan fingerprint density at radius 1 is 1.29 bits per heavy atom. The fourth-order valence-corrected chi connectivity index (χ4v) is 2.01. The van der Waals surface area contributed by atoms with E-state index in [0.29, 0.717) is 12.6 Å². The third-order valence-corrected chi connectivity index (χ3v) is 2.95. The van der Waals surface area contributed by atoms with Crippen LogP contribution in [-0.4, -0.2) is 50.7 Å². The maximum atomic E-state index is 11.8. The van der Waals surface area contributed by atoms with Gasteiger partial charge in [0.25, 0.3) is 5.91 Å². The van der Waals surface area contributed by atoms with E-state index < -0.39 is 0 Å². The van der Waals surface area contributed by atoms with E-state index in [2.05, 4.69) is 13.8 Å². The number of ether oxygens (including phenoxy) is 3. The molecule has 17 heavy (non-hydrogen) atoms. The SMILES string of the molecule is COCO[C@H]1C(=O)N(COC)[C@H]1CCC(C)C. The molecule has 0 aromatic carbocycles. The fraction of sp³-hybridized carbons (Fsp3) is 0.917. The van der Waals surface area contributed by atoms with E-state index >= 15 is 0 Å². The van der Waals surface area contributed by atoms with Crippen LogP contribution in [0.2, 0.25) is 0 Å². The lowest BCUT2D eigenvalue weighted by Gasteiger charge is -2.46. The zero-order chi connectivity index (χ0) is 12.8. The molecule has 0 aromatic heterocycles. The van der Waals surface area contributed by atoms with E-state index in [4.69, 9.17) is 14.2 Å². The Morgan fingerprint density at radius 3 is 2.53 bits per heavy atom. The Morgan fingerprint density at radius 2 is 2.00 bits per heavy atom. The quantitative estimate of drug-likeness (QED) is 0.476. The van der Waals surface area contributed by atoms with E-state index in [0.717, 1.165) is 12.8 Å². The number of β-lactam (4-membered cyclic amide) rings is 1. The van der Waals surface area contributed by atoms with Crippen LogP contribution in [0.25, 0.3) is 0 Å². The maximum Gasteiger partial charge on any atom is 0.256 e. The van der Waals surface area contributed by atoms with Gasteiger partial charge in [-0.2, -0.15) is 0 Å². The van der Waals surface area contributed by atoms with Gasteiger partial charge in [-0.1, -0.05) is 13.8 Å². The van der Waals surface area contributed by atoms with Crippen molar-refractivity contribution in [2.45, 2.75) is 38.8 Å². The first kappa shape index (κ1) is 14.4. The number of methoxy groups -OCH3 is 2. The molecule has 1 aliphatic rings. The Hall–Kier alpha value is -0.650. The minimum Gasteiger partial charge on any atom is -0.364 e. The molecule has 1 aliphatic heterocycles. The smallest absolute Gasteiger partial charge is 0.256 e. The number of carbonyl (C=O) groups excluding carboxylic acids is 1. The van der Waals surface area contributed by atoms with E-state index in [1.165, 1.54) is 0 Å². The van der Waals surface area contributed by atoms with Crippen LogP contribution in [0.1, 0.15) is 26.7 Å². The Balaban J connectivity index is 2.48. The highest BCUT2D eigenvalue weighted by Gasteiger charge is 2.47. The zero-order valence-corrected chi connectivity index (χ0v) is 11.1. The van der Waals surface area contributed by atoms with Crippen LogP contribution < -0.4 is 0 Å². The summed E-state index contributed by atoms with van der Waals surface area (Å²) in [6.07, 6.45) is 1.66. The lowest BCUT2D eigenvalue weighted by Crippen LogP contribution is -2.66.